The van der Waals surface area contributed by atoms with Gasteiger partial charge in [0.05, 0.1) is 5.71 Å². The second-order valence-electron chi connectivity index (χ2n) is 4.18. The smallest absolute Gasteiger partial charge is 0.0718 e. The maximum Gasteiger partial charge on any atom is 0.0718 e. The van der Waals surface area contributed by atoms with E-state index in [0.29, 0.717) is 5.25 Å². The molecule has 1 unspecified atom stereocenters. The standard InChI is InChI=1S/C14H14N2S/c1-16-14-9-5-2-3-7-11(9)17-12-8-4-6-10(15)13(12)14/h2-6,8,11H,7,15H2,1H3. The molecule has 0 fully saturated rings. The number of rotatable bonds is 0. The minimum Gasteiger partial charge on any atom is -0.398 e. The van der Waals surface area contributed by atoms with Gasteiger partial charge in [-0.05, 0) is 24.1 Å². The fourth-order valence-corrected chi connectivity index (χ4v) is 3.71. The summed E-state index contributed by atoms with van der Waals surface area (Å²) in [6.45, 7) is 0. The van der Waals surface area contributed by atoms with E-state index in [-0.39, 0.29) is 0 Å². The van der Waals surface area contributed by atoms with E-state index in [0.717, 1.165) is 23.4 Å². The Morgan fingerprint density at radius 2 is 2.29 bits per heavy atom. The lowest BCUT2D eigenvalue weighted by molar-refractivity contribution is 1.01. The van der Waals surface area contributed by atoms with Crippen molar-refractivity contribution in [2.75, 3.05) is 12.8 Å². The number of nitrogens with zero attached hydrogens (tertiary/aromatic N) is 1. The molecule has 0 aromatic heterocycles. The van der Waals surface area contributed by atoms with Gasteiger partial charge in [-0.15, -0.1) is 11.8 Å². The maximum absolute atomic E-state index is 6.09. The zero-order valence-electron chi connectivity index (χ0n) is 9.68. The molecule has 1 aliphatic carbocycles. The first kappa shape index (κ1) is 10.7. The van der Waals surface area contributed by atoms with Gasteiger partial charge in [0.15, 0.2) is 0 Å². The number of nitrogen functional groups attached to an aromatic ring is 1. The first-order valence-electron chi connectivity index (χ1n) is 5.70. The summed E-state index contributed by atoms with van der Waals surface area (Å²) in [5.74, 6) is 0. The molecule has 0 radical (unpaired) electrons. The maximum atomic E-state index is 6.09. The van der Waals surface area contributed by atoms with E-state index in [4.69, 9.17) is 5.73 Å². The third-order valence-electron chi connectivity index (χ3n) is 3.17. The minimum atomic E-state index is 0.494. The summed E-state index contributed by atoms with van der Waals surface area (Å²) in [6.07, 6.45) is 7.57. The van der Waals surface area contributed by atoms with Gasteiger partial charge >= 0.3 is 0 Å². The highest BCUT2D eigenvalue weighted by Crippen LogP contribution is 2.43. The number of aliphatic imine (C=N–C) groups is 1. The van der Waals surface area contributed by atoms with E-state index in [1.807, 2.05) is 30.9 Å². The van der Waals surface area contributed by atoms with Crippen molar-refractivity contribution in [1.29, 1.82) is 0 Å². The van der Waals surface area contributed by atoms with E-state index in [9.17, 15) is 0 Å². The molecular formula is C14H14N2S. The van der Waals surface area contributed by atoms with Crippen molar-refractivity contribution >= 4 is 23.2 Å². The lowest BCUT2D eigenvalue weighted by Gasteiger charge is -2.30. The number of thioether (sulfide) groups is 1. The van der Waals surface area contributed by atoms with Crippen LogP contribution in [0.15, 0.2) is 51.9 Å². The fraction of sp³-hybridized carbons (Fsp3) is 0.214. The number of hydrogen-bond acceptors (Lipinski definition) is 3. The summed E-state index contributed by atoms with van der Waals surface area (Å²) in [6, 6.07) is 6.10. The predicted octanol–water partition coefficient (Wildman–Crippen LogP) is 3.05. The molecule has 2 nitrogen and oxygen atoms in total. The Labute approximate surface area is 105 Å². The number of hydrogen-bond donors (Lipinski definition) is 1. The number of allylic oxidation sites excluding steroid dienone is 3. The quantitative estimate of drug-likeness (QED) is 0.710. The van der Waals surface area contributed by atoms with E-state index >= 15 is 0 Å². The van der Waals surface area contributed by atoms with Crippen molar-refractivity contribution < 1.29 is 0 Å². The van der Waals surface area contributed by atoms with Crippen LogP contribution in [0.4, 0.5) is 5.69 Å². The minimum absolute atomic E-state index is 0.494. The normalized spacial score (nSPS) is 24.2. The van der Waals surface area contributed by atoms with Gasteiger partial charge in [-0.3, -0.25) is 4.99 Å². The molecule has 1 aromatic carbocycles. The molecule has 0 amide bonds. The van der Waals surface area contributed by atoms with Gasteiger partial charge < -0.3 is 5.73 Å². The molecular weight excluding hydrogens is 228 g/mol. The van der Waals surface area contributed by atoms with Crippen molar-refractivity contribution in [3.63, 3.8) is 0 Å². The monoisotopic (exact) mass is 242 g/mol. The molecule has 2 aliphatic rings. The highest BCUT2D eigenvalue weighted by atomic mass is 32.2. The van der Waals surface area contributed by atoms with Crippen LogP contribution in [-0.2, 0) is 0 Å². The largest absolute Gasteiger partial charge is 0.398 e. The lowest BCUT2D eigenvalue weighted by atomic mass is 9.93. The molecule has 1 aliphatic heterocycles. The summed E-state index contributed by atoms with van der Waals surface area (Å²) in [4.78, 5) is 5.71. The molecule has 0 saturated heterocycles. The molecule has 0 bridgehead atoms. The van der Waals surface area contributed by atoms with Gasteiger partial charge in [0.1, 0.15) is 0 Å². The highest BCUT2D eigenvalue weighted by Gasteiger charge is 2.30. The van der Waals surface area contributed by atoms with Crippen LogP contribution in [0.1, 0.15) is 12.0 Å². The summed E-state index contributed by atoms with van der Waals surface area (Å²) in [5.41, 5.74) is 10.4. The van der Waals surface area contributed by atoms with Crippen LogP contribution in [0, 0.1) is 0 Å². The molecule has 2 N–H and O–H groups in total. The molecule has 0 saturated carbocycles. The van der Waals surface area contributed by atoms with E-state index in [1.165, 1.54) is 10.5 Å². The topological polar surface area (TPSA) is 38.4 Å². The molecule has 1 aromatic rings. The van der Waals surface area contributed by atoms with Crippen LogP contribution in [0.2, 0.25) is 0 Å². The van der Waals surface area contributed by atoms with Crippen LogP contribution >= 0.6 is 11.8 Å². The Morgan fingerprint density at radius 1 is 1.41 bits per heavy atom. The van der Waals surface area contributed by atoms with E-state index in [2.05, 4.69) is 29.3 Å². The zero-order valence-corrected chi connectivity index (χ0v) is 10.5. The second-order valence-corrected chi connectivity index (χ2v) is 5.43. The average Bonchev–Trinajstić information content (AvgIpc) is 2.36. The van der Waals surface area contributed by atoms with Crippen LogP contribution in [0.25, 0.3) is 0 Å². The Bertz CT molecular complexity index is 555. The summed E-state index contributed by atoms with van der Waals surface area (Å²) >= 11 is 1.89. The van der Waals surface area contributed by atoms with Crippen molar-refractivity contribution in [2.24, 2.45) is 4.99 Å². The SMILES string of the molecule is CN=C1C2=CC=CCC2Sc2cccc(N)c21. The van der Waals surface area contributed by atoms with Gasteiger partial charge in [-0.25, -0.2) is 0 Å². The van der Waals surface area contributed by atoms with Gasteiger partial charge in [-0.1, -0.05) is 24.3 Å². The highest BCUT2D eigenvalue weighted by molar-refractivity contribution is 8.00. The van der Waals surface area contributed by atoms with Crippen molar-refractivity contribution in [2.45, 2.75) is 16.6 Å². The van der Waals surface area contributed by atoms with Crippen LogP contribution in [0.5, 0.6) is 0 Å². The molecule has 1 atom stereocenters. The molecule has 86 valence electrons. The van der Waals surface area contributed by atoms with Crippen molar-refractivity contribution in [3.05, 3.63) is 47.6 Å². The third kappa shape index (κ3) is 1.62. The Kier molecular flexibility index (Phi) is 2.56. The summed E-state index contributed by atoms with van der Waals surface area (Å²) in [7, 11) is 1.84. The number of nitrogens with two attached hydrogens (primary N) is 1. The van der Waals surface area contributed by atoms with Gasteiger partial charge in [0.25, 0.3) is 0 Å². The molecule has 3 heteroatoms. The van der Waals surface area contributed by atoms with Crippen LogP contribution in [-0.4, -0.2) is 18.0 Å². The van der Waals surface area contributed by atoms with Crippen molar-refractivity contribution in [1.82, 2.24) is 0 Å². The Hall–Kier alpha value is -1.48. The second kappa shape index (κ2) is 4.08. The molecule has 3 rings (SSSR count). The lowest BCUT2D eigenvalue weighted by Crippen LogP contribution is -2.24. The average molecular weight is 242 g/mol. The van der Waals surface area contributed by atoms with Gasteiger partial charge in [0.2, 0.25) is 0 Å². The van der Waals surface area contributed by atoms with Crippen molar-refractivity contribution in [3.8, 4) is 0 Å². The van der Waals surface area contributed by atoms with E-state index in [1.54, 1.807) is 0 Å². The Balaban J connectivity index is 2.23. The zero-order chi connectivity index (χ0) is 11.8. The number of anilines is 1. The predicted molar refractivity (Wildman–Crippen MR) is 74.8 cm³/mol. The Morgan fingerprint density at radius 3 is 3.12 bits per heavy atom. The summed E-state index contributed by atoms with van der Waals surface area (Å²) < 4.78 is 0. The first-order valence-corrected chi connectivity index (χ1v) is 6.58. The van der Waals surface area contributed by atoms with Gasteiger partial charge in [0, 0.05) is 28.4 Å². The molecule has 0 spiro atoms. The third-order valence-corrected chi connectivity index (χ3v) is 4.50. The van der Waals surface area contributed by atoms with Crippen LogP contribution in [0.3, 0.4) is 0 Å². The first-order chi connectivity index (χ1) is 8.31. The van der Waals surface area contributed by atoms with Crippen LogP contribution < -0.4 is 5.73 Å². The fourth-order valence-electron chi connectivity index (χ4n) is 2.39. The summed E-state index contributed by atoms with van der Waals surface area (Å²) in [5, 5.41) is 0.494. The molecule has 17 heavy (non-hydrogen) atoms. The van der Waals surface area contributed by atoms with Gasteiger partial charge in [-0.2, -0.15) is 0 Å². The molecule has 1 heterocycles. The number of fused-ring (bicyclic) bond motifs is 2. The van der Waals surface area contributed by atoms with E-state index < -0.39 is 0 Å². The number of benzene rings is 1.